The first-order valence-corrected chi connectivity index (χ1v) is 5.82. The highest BCUT2D eigenvalue weighted by Gasteiger charge is 2.34. The summed E-state index contributed by atoms with van der Waals surface area (Å²) in [5.74, 6) is 1.36. The van der Waals surface area contributed by atoms with Gasteiger partial charge >= 0.3 is 0 Å². The topological polar surface area (TPSA) is 33.2 Å². The maximum Gasteiger partial charge on any atom is 0.272 e. The molecule has 1 saturated carbocycles. The number of carbonyl (C=O) groups excluding carboxylic acids is 1. The fraction of sp³-hybridized carbons (Fsp3) is 0.500. The van der Waals surface area contributed by atoms with Crippen LogP contribution in [0.2, 0.25) is 5.02 Å². The second-order valence-electron chi connectivity index (χ2n) is 4.52. The van der Waals surface area contributed by atoms with E-state index in [0.29, 0.717) is 16.6 Å². The lowest BCUT2D eigenvalue weighted by Gasteiger charge is -2.16. The van der Waals surface area contributed by atoms with Gasteiger partial charge in [0.15, 0.2) is 0 Å². The van der Waals surface area contributed by atoms with Gasteiger partial charge in [-0.25, -0.2) is 0 Å². The Morgan fingerprint density at radius 3 is 2.94 bits per heavy atom. The molecule has 1 aliphatic rings. The first kappa shape index (κ1) is 11.4. The Morgan fingerprint density at radius 1 is 1.69 bits per heavy atom. The van der Waals surface area contributed by atoms with Gasteiger partial charge in [0, 0.05) is 24.8 Å². The SMILES string of the molecule is CC1CC1CN(C)C(=O)c1cc(Cl)ccn1. The summed E-state index contributed by atoms with van der Waals surface area (Å²) in [4.78, 5) is 17.7. The molecule has 0 aliphatic heterocycles. The third-order valence-electron chi connectivity index (χ3n) is 3.07. The molecule has 1 heterocycles. The third-order valence-corrected chi connectivity index (χ3v) is 3.31. The Bertz CT molecular complexity index is 408. The van der Waals surface area contributed by atoms with Crippen molar-refractivity contribution in [3.8, 4) is 0 Å². The van der Waals surface area contributed by atoms with Crippen LogP contribution in [0.5, 0.6) is 0 Å². The van der Waals surface area contributed by atoms with Crippen molar-refractivity contribution in [1.29, 1.82) is 0 Å². The first-order chi connectivity index (χ1) is 7.58. The molecule has 0 bridgehead atoms. The maximum atomic E-state index is 12.0. The van der Waals surface area contributed by atoms with E-state index in [9.17, 15) is 4.79 Å². The average molecular weight is 239 g/mol. The summed E-state index contributed by atoms with van der Waals surface area (Å²) in [5, 5.41) is 0.548. The van der Waals surface area contributed by atoms with Gasteiger partial charge in [-0.05, 0) is 30.4 Å². The zero-order valence-corrected chi connectivity index (χ0v) is 10.2. The normalized spacial score (nSPS) is 22.9. The number of amides is 1. The summed E-state index contributed by atoms with van der Waals surface area (Å²) in [6.07, 6.45) is 2.78. The number of nitrogens with zero attached hydrogens (tertiary/aromatic N) is 2. The fourth-order valence-electron chi connectivity index (χ4n) is 1.81. The molecule has 86 valence electrons. The van der Waals surface area contributed by atoms with Crippen LogP contribution in [0, 0.1) is 11.8 Å². The van der Waals surface area contributed by atoms with Crippen molar-refractivity contribution < 1.29 is 4.79 Å². The molecular weight excluding hydrogens is 224 g/mol. The van der Waals surface area contributed by atoms with Gasteiger partial charge in [0.05, 0.1) is 0 Å². The summed E-state index contributed by atoms with van der Waals surface area (Å²) < 4.78 is 0. The van der Waals surface area contributed by atoms with E-state index in [0.717, 1.165) is 12.5 Å². The van der Waals surface area contributed by atoms with Crippen LogP contribution in [0.1, 0.15) is 23.8 Å². The van der Waals surface area contributed by atoms with Crippen LogP contribution in [0.3, 0.4) is 0 Å². The van der Waals surface area contributed by atoms with E-state index in [-0.39, 0.29) is 5.91 Å². The molecule has 1 amide bonds. The summed E-state index contributed by atoms with van der Waals surface area (Å²) in [7, 11) is 1.82. The van der Waals surface area contributed by atoms with E-state index in [1.165, 1.54) is 6.42 Å². The van der Waals surface area contributed by atoms with E-state index < -0.39 is 0 Å². The number of halogens is 1. The van der Waals surface area contributed by atoms with Crippen LogP contribution in [0.4, 0.5) is 0 Å². The van der Waals surface area contributed by atoms with Crippen molar-refractivity contribution >= 4 is 17.5 Å². The number of hydrogen-bond acceptors (Lipinski definition) is 2. The molecule has 3 nitrogen and oxygen atoms in total. The molecule has 2 rings (SSSR count). The van der Waals surface area contributed by atoms with Crippen molar-refractivity contribution in [2.45, 2.75) is 13.3 Å². The molecule has 4 heteroatoms. The molecule has 2 unspecified atom stereocenters. The van der Waals surface area contributed by atoms with Gasteiger partial charge in [-0.15, -0.1) is 0 Å². The largest absolute Gasteiger partial charge is 0.340 e. The molecule has 1 aromatic heterocycles. The number of pyridine rings is 1. The lowest BCUT2D eigenvalue weighted by Crippen LogP contribution is -2.29. The maximum absolute atomic E-state index is 12.0. The van der Waals surface area contributed by atoms with Crippen molar-refractivity contribution in [3.63, 3.8) is 0 Å². The predicted octanol–water partition coefficient (Wildman–Crippen LogP) is 2.46. The average Bonchev–Trinajstić information content (AvgIpc) is 2.93. The molecule has 0 N–H and O–H groups in total. The zero-order chi connectivity index (χ0) is 11.7. The summed E-state index contributed by atoms with van der Waals surface area (Å²) in [6.45, 7) is 3.02. The fourth-order valence-corrected chi connectivity index (χ4v) is 1.97. The smallest absolute Gasteiger partial charge is 0.272 e. The summed E-state index contributed by atoms with van der Waals surface area (Å²) >= 11 is 5.82. The highest BCUT2D eigenvalue weighted by Crippen LogP contribution is 2.38. The number of carbonyl (C=O) groups is 1. The van der Waals surface area contributed by atoms with Crippen molar-refractivity contribution in [3.05, 3.63) is 29.0 Å². The van der Waals surface area contributed by atoms with E-state index in [1.807, 2.05) is 7.05 Å². The summed E-state index contributed by atoms with van der Waals surface area (Å²) in [6, 6.07) is 3.28. The van der Waals surface area contributed by atoms with Gasteiger partial charge in [-0.3, -0.25) is 9.78 Å². The van der Waals surface area contributed by atoms with Crippen LogP contribution < -0.4 is 0 Å². The van der Waals surface area contributed by atoms with Gasteiger partial charge in [-0.2, -0.15) is 0 Å². The van der Waals surface area contributed by atoms with Crippen molar-refractivity contribution in [2.75, 3.05) is 13.6 Å². The quantitative estimate of drug-likeness (QED) is 0.811. The van der Waals surface area contributed by atoms with Crippen LogP contribution in [-0.2, 0) is 0 Å². The second-order valence-corrected chi connectivity index (χ2v) is 4.95. The van der Waals surface area contributed by atoms with Gasteiger partial charge in [0.2, 0.25) is 0 Å². The minimum atomic E-state index is -0.0541. The van der Waals surface area contributed by atoms with Gasteiger partial charge in [0.25, 0.3) is 5.91 Å². The molecule has 1 aromatic rings. The number of rotatable bonds is 3. The highest BCUT2D eigenvalue weighted by atomic mass is 35.5. The van der Waals surface area contributed by atoms with E-state index in [4.69, 9.17) is 11.6 Å². The van der Waals surface area contributed by atoms with Gasteiger partial charge in [0.1, 0.15) is 5.69 Å². The zero-order valence-electron chi connectivity index (χ0n) is 9.48. The Kier molecular flexibility index (Phi) is 3.15. The Hall–Kier alpha value is -1.09. The molecule has 1 aliphatic carbocycles. The molecule has 0 saturated heterocycles. The Morgan fingerprint density at radius 2 is 2.38 bits per heavy atom. The second kappa shape index (κ2) is 4.42. The minimum absolute atomic E-state index is 0.0541. The number of aromatic nitrogens is 1. The highest BCUT2D eigenvalue weighted by molar-refractivity contribution is 6.30. The standard InChI is InChI=1S/C12H15ClN2O/c1-8-5-9(8)7-15(2)12(16)11-6-10(13)3-4-14-11/h3-4,6,8-9H,5,7H2,1-2H3. The van der Waals surface area contributed by atoms with Crippen LogP contribution in [-0.4, -0.2) is 29.4 Å². The molecule has 16 heavy (non-hydrogen) atoms. The van der Waals surface area contributed by atoms with Crippen molar-refractivity contribution in [1.82, 2.24) is 9.88 Å². The monoisotopic (exact) mass is 238 g/mol. The van der Waals surface area contributed by atoms with Gasteiger partial charge in [-0.1, -0.05) is 18.5 Å². The molecule has 2 atom stereocenters. The van der Waals surface area contributed by atoms with Crippen LogP contribution in [0.25, 0.3) is 0 Å². The van der Waals surface area contributed by atoms with E-state index >= 15 is 0 Å². The molecular formula is C12H15ClN2O. The first-order valence-electron chi connectivity index (χ1n) is 5.45. The lowest BCUT2D eigenvalue weighted by molar-refractivity contribution is 0.0781. The van der Waals surface area contributed by atoms with Gasteiger partial charge < -0.3 is 4.90 Å². The Balaban J connectivity index is 2.01. The Labute approximate surface area is 100 Å². The third kappa shape index (κ3) is 2.53. The molecule has 0 radical (unpaired) electrons. The van der Waals surface area contributed by atoms with E-state index in [2.05, 4.69) is 11.9 Å². The molecule has 0 aromatic carbocycles. The van der Waals surface area contributed by atoms with Crippen molar-refractivity contribution in [2.24, 2.45) is 11.8 Å². The van der Waals surface area contributed by atoms with E-state index in [1.54, 1.807) is 23.2 Å². The number of hydrogen-bond donors (Lipinski definition) is 0. The molecule has 0 spiro atoms. The van der Waals surface area contributed by atoms with Crippen LogP contribution >= 0.6 is 11.6 Å². The molecule has 1 fully saturated rings. The minimum Gasteiger partial charge on any atom is -0.340 e. The van der Waals surface area contributed by atoms with Crippen LogP contribution in [0.15, 0.2) is 18.3 Å². The summed E-state index contributed by atoms with van der Waals surface area (Å²) in [5.41, 5.74) is 0.420. The lowest BCUT2D eigenvalue weighted by atomic mass is 10.3. The predicted molar refractivity (Wildman–Crippen MR) is 63.5 cm³/mol.